The molecular formula is C18H21F2N3O3. The summed E-state index contributed by atoms with van der Waals surface area (Å²) in [4.78, 5) is 14.3. The number of likely N-dealkylation sites (tertiary alicyclic amines) is 1. The number of halogens is 2. The third-order valence-electron chi connectivity index (χ3n) is 4.73. The lowest BCUT2D eigenvalue weighted by molar-refractivity contribution is 0.0347. The maximum absolute atomic E-state index is 13.3. The van der Waals surface area contributed by atoms with Gasteiger partial charge in [0, 0.05) is 30.8 Å². The molecule has 1 aliphatic heterocycles. The number of aliphatic hydroxyl groups excluding tert-OH is 1. The van der Waals surface area contributed by atoms with Crippen LogP contribution in [0.15, 0.2) is 22.7 Å². The van der Waals surface area contributed by atoms with Crippen molar-refractivity contribution in [2.45, 2.75) is 39.0 Å². The number of benzene rings is 1. The molecule has 0 radical (unpaired) electrons. The normalized spacial score (nSPS) is 21.0. The zero-order chi connectivity index (χ0) is 18.8. The smallest absolute Gasteiger partial charge is 0.251 e. The van der Waals surface area contributed by atoms with E-state index in [9.17, 15) is 18.7 Å². The molecule has 1 aromatic heterocycles. The van der Waals surface area contributed by atoms with Crippen LogP contribution in [-0.4, -0.2) is 46.3 Å². The quantitative estimate of drug-likeness (QED) is 0.866. The molecule has 0 bridgehead atoms. The number of hydrogen-bond acceptors (Lipinski definition) is 5. The van der Waals surface area contributed by atoms with E-state index in [4.69, 9.17) is 4.52 Å². The van der Waals surface area contributed by atoms with Gasteiger partial charge in [0.1, 0.15) is 5.76 Å². The predicted molar refractivity (Wildman–Crippen MR) is 89.5 cm³/mol. The Hall–Kier alpha value is -2.32. The first-order chi connectivity index (χ1) is 12.3. The number of rotatable bonds is 4. The number of carbonyl (C=O) groups is 1. The number of hydrogen-bond donors (Lipinski definition) is 2. The first-order valence-corrected chi connectivity index (χ1v) is 8.43. The molecule has 2 heterocycles. The fourth-order valence-electron chi connectivity index (χ4n) is 3.15. The van der Waals surface area contributed by atoms with Gasteiger partial charge < -0.3 is 14.9 Å². The third-order valence-corrected chi connectivity index (χ3v) is 4.73. The molecule has 140 valence electrons. The van der Waals surface area contributed by atoms with Crippen LogP contribution >= 0.6 is 0 Å². The molecule has 3 rings (SSSR count). The van der Waals surface area contributed by atoms with Gasteiger partial charge in [0.25, 0.3) is 5.91 Å². The van der Waals surface area contributed by atoms with Gasteiger partial charge in [-0.1, -0.05) is 5.16 Å². The van der Waals surface area contributed by atoms with E-state index in [1.54, 1.807) is 0 Å². The number of aryl methyl sites for hydroxylation is 2. The highest BCUT2D eigenvalue weighted by atomic mass is 19.2. The topological polar surface area (TPSA) is 78.6 Å². The largest absolute Gasteiger partial charge is 0.390 e. The van der Waals surface area contributed by atoms with Crippen molar-refractivity contribution in [2.24, 2.45) is 0 Å². The number of β-amino-alcohol motifs (C(OH)–C–C–N with tert-alkyl or cyclic N) is 1. The Kier molecular flexibility index (Phi) is 5.33. The summed E-state index contributed by atoms with van der Waals surface area (Å²) in [6.45, 7) is 5.39. The van der Waals surface area contributed by atoms with Crippen LogP contribution < -0.4 is 5.32 Å². The first-order valence-electron chi connectivity index (χ1n) is 8.43. The van der Waals surface area contributed by atoms with Crippen LogP contribution in [0, 0.1) is 25.5 Å². The minimum Gasteiger partial charge on any atom is -0.390 e. The van der Waals surface area contributed by atoms with Crippen molar-refractivity contribution >= 4 is 5.91 Å². The zero-order valence-electron chi connectivity index (χ0n) is 14.6. The van der Waals surface area contributed by atoms with Crippen LogP contribution in [0.1, 0.15) is 33.8 Å². The van der Waals surface area contributed by atoms with Crippen molar-refractivity contribution < 1.29 is 23.2 Å². The standard InChI is InChI=1S/C18H21F2N3O3/c1-10-13(11(2)26-22-10)8-23-6-5-16(17(24)9-23)21-18(25)12-3-4-14(19)15(20)7-12/h3-4,7,16-17,24H,5-6,8-9H2,1-2H3,(H,21,25)/t16-,17-/m1/s1. The Balaban J connectivity index is 1.58. The second kappa shape index (κ2) is 7.51. The minimum absolute atomic E-state index is 0.0225. The van der Waals surface area contributed by atoms with Crippen LogP contribution in [0.2, 0.25) is 0 Å². The molecule has 2 atom stereocenters. The monoisotopic (exact) mass is 365 g/mol. The highest BCUT2D eigenvalue weighted by Gasteiger charge is 2.30. The highest BCUT2D eigenvalue weighted by molar-refractivity contribution is 5.94. The van der Waals surface area contributed by atoms with Crippen LogP contribution in [0.5, 0.6) is 0 Å². The molecule has 2 aromatic rings. The number of piperidine rings is 1. The van der Waals surface area contributed by atoms with Gasteiger partial charge >= 0.3 is 0 Å². The van der Waals surface area contributed by atoms with Gasteiger partial charge in [-0.3, -0.25) is 9.69 Å². The van der Waals surface area contributed by atoms with Crippen molar-refractivity contribution in [3.8, 4) is 0 Å². The van der Waals surface area contributed by atoms with E-state index < -0.39 is 29.7 Å². The molecule has 0 saturated carbocycles. The number of aliphatic hydroxyl groups is 1. The average molecular weight is 365 g/mol. The number of nitrogens with one attached hydrogen (secondary N) is 1. The lowest BCUT2D eigenvalue weighted by Crippen LogP contribution is -2.53. The second-order valence-electron chi connectivity index (χ2n) is 6.60. The lowest BCUT2D eigenvalue weighted by atomic mass is 10.0. The molecule has 0 unspecified atom stereocenters. The molecule has 26 heavy (non-hydrogen) atoms. The number of carbonyl (C=O) groups excluding carboxylic acids is 1. The summed E-state index contributed by atoms with van der Waals surface area (Å²) < 4.78 is 31.4. The Morgan fingerprint density at radius 1 is 1.38 bits per heavy atom. The molecule has 6 nitrogen and oxygen atoms in total. The van der Waals surface area contributed by atoms with Crippen molar-refractivity contribution in [3.63, 3.8) is 0 Å². The maximum atomic E-state index is 13.3. The van der Waals surface area contributed by atoms with Gasteiger partial charge in [-0.15, -0.1) is 0 Å². The van der Waals surface area contributed by atoms with Crippen molar-refractivity contribution in [1.29, 1.82) is 0 Å². The van der Waals surface area contributed by atoms with Crippen molar-refractivity contribution in [3.05, 3.63) is 52.4 Å². The molecule has 0 aliphatic carbocycles. The van der Waals surface area contributed by atoms with Crippen molar-refractivity contribution in [2.75, 3.05) is 13.1 Å². The third kappa shape index (κ3) is 3.91. The van der Waals surface area contributed by atoms with Crippen LogP contribution in [0.25, 0.3) is 0 Å². The molecule has 1 fully saturated rings. The Morgan fingerprint density at radius 3 is 2.77 bits per heavy atom. The highest BCUT2D eigenvalue weighted by Crippen LogP contribution is 2.19. The predicted octanol–water partition coefficient (Wildman–Crippen LogP) is 1.93. The summed E-state index contributed by atoms with van der Waals surface area (Å²) in [7, 11) is 0. The van der Waals surface area contributed by atoms with E-state index >= 15 is 0 Å². The molecule has 1 aliphatic rings. The summed E-state index contributed by atoms with van der Waals surface area (Å²) in [6, 6.07) is 2.53. The van der Waals surface area contributed by atoms with E-state index in [1.807, 2.05) is 13.8 Å². The summed E-state index contributed by atoms with van der Waals surface area (Å²) in [5, 5.41) is 17.0. The molecule has 2 N–H and O–H groups in total. The van der Waals surface area contributed by atoms with Crippen molar-refractivity contribution in [1.82, 2.24) is 15.4 Å². The Labute approximate surface area is 149 Å². The summed E-state index contributed by atoms with van der Waals surface area (Å²) >= 11 is 0. The van der Waals surface area contributed by atoms with Gasteiger partial charge in [-0.25, -0.2) is 8.78 Å². The van der Waals surface area contributed by atoms with Gasteiger partial charge in [0.15, 0.2) is 11.6 Å². The molecule has 0 spiro atoms. The van der Waals surface area contributed by atoms with E-state index in [0.717, 1.165) is 29.2 Å². The van der Waals surface area contributed by atoms with Gasteiger partial charge in [0.2, 0.25) is 0 Å². The SMILES string of the molecule is Cc1noc(C)c1CN1CC[C@@H](NC(=O)c2ccc(F)c(F)c2)[C@H](O)C1. The first kappa shape index (κ1) is 18.5. The summed E-state index contributed by atoms with van der Waals surface area (Å²) in [5.74, 6) is -1.86. The average Bonchev–Trinajstić information content (AvgIpc) is 2.91. The Bertz CT molecular complexity index is 789. The van der Waals surface area contributed by atoms with E-state index in [1.165, 1.54) is 6.07 Å². The fourth-order valence-corrected chi connectivity index (χ4v) is 3.15. The Morgan fingerprint density at radius 2 is 2.15 bits per heavy atom. The lowest BCUT2D eigenvalue weighted by Gasteiger charge is -2.36. The minimum atomic E-state index is -1.08. The summed E-state index contributed by atoms with van der Waals surface area (Å²) in [5.41, 5.74) is 1.85. The van der Waals surface area contributed by atoms with E-state index in [-0.39, 0.29) is 5.56 Å². The van der Waals surface area contributed by atoms with Gasteiger partial charge in [-0.05, 0) is 38.5 Å². The maximum Gasteiger partial charge on any atom is 0.251 e. The molecule has 1 amide bonds. The zero-order valence-corrected chi connectivity index (χ0v) is 14.6. The van der Waals surface area contributed by atoms with Gasteiger partial charge in [0.05, 0.1) is 17.8 Å². The number of amides is 1. The molecule has 1 aromatic carbocycles. The molecule has 1 saturated heterocycles. The van der Waals surface area contributed by atoms with E-state index in [2.05, 4.69) is 15.4 Å². The van der Waals surface area contributed by atoms with Crippen LogP contribution in [0.3, 0.4) is 0 Å². The summed E-state index contributed by atoms with van der Waals surface area (Å²) in [6.07, 6.45) is -0.224. The number of nitrogens with zero attached hydrogens (tertiary/aromatic N) is 2. The van der Waals surface area contributed by atoms with Crippen LogP contribution in [-0.2, 0) is 6.54 Å². The van der Waals surface area contributed by atoms with Crippen LogP contribution in [0.4, 0.5) is 8.78 Å². The van der Waals surface area contributed by atoms with Gasteiger partial charge in [-0.2, -0.15) is 0 Å². The molecule has 8 heteroatoms. The van der Waals surface area contributed by atoms with E-state index in [0.29, 0.717) is 26.1 Å². The number of aromatic nitrogens is 1. The fraction of sp³-hybridized carbons (Fsp3) is 0.444. The molecular weight excluding hydrogens is 344 g/mol. The second-order valence-corrected chi connectivity index (χ2v) is 6.60.